The van der Waals surface area contributed by atoms with Crippen LogP contribution < -0.4 is 5.73 Å². The van der Waals surface area contributed by atoms with Crippen molar-refractivity contribution in [2.75, 3.05) is 12.3 Å². The monoisotopic (exact) mass is 272 g/mol. The van der Waals surface area contributed by atoms with Gasteiger partial charge in [-0.15, -0.1) is 0 Å². The Labute approximate surface area is 116 Å². The second-order valence-corrected chi connectivity index (χ2v) is 4.82. The van der Waals surface area contributed by atoms with Crippen LogP contribution in [0.4, 0.5) is 5.69 Å². The number of hydrogen-bond acceptors (Lipinski definition) is 5. The molecule has 104 valence electrons. The molecule has 2 aromatic heterocycles. The maximum absolute atomic E-state index is 12.0. The number of carbonyl (C=O) groups excluding carboxylic acids is 1. The SMILES string of the molecule is CCOC(=O)c1cc(N)cnc1-n1ccc(C2CC2)n1. The molecule has 6 nitrogen and oxygen atoms in total. The molecule has 2 heterocycles. The number of pyridine rings is 1. The van der Waals surface area contributed by atoms with Gasteiger partial charge in [-0.3, -0.25) is 0 Å². The molecule has 1 saturated carbocycles. The molecular formula is C14H16N4O2. The van der Waals surface area contributed by atoms with Gasteiger partial charge in [0.1, 0.15) is 5.56 Å². The first-order chi connectivity index (χ1) is 9.69. The van der Waals surface area contributed by atoms with Crippen LogP contribution in [-0.4, -0.2) is 27.3 Å². The minimum Gasteiger partial charge on any atom is -0.462 e. The van der Waals surface area contributed by atoms with Crippen molar-refractivity contribution in [1.82, 2.24) is 14.8 Å². The van der Waals surface area contributed by atoms with Crippen molar-refractivity contribution in [2.24, 2.45) is 0 Å². The lowest BCUT2D eigenvalue weighted by atomic mass is 10.2. The second-order valence-electron chi connectivity index (χ2n) is 4.82. The zero-order valence-electron chi connectivity index (χ0n) is 11.2. The molecule has 2 N–H and O–H groups in total. The fourth-order valence-electron chi connectivity index (χ4n) is 2.07. The van der Waals surface area contributed by atoms with Crippen molar-refractivity contribution >= 4 is 11.7 Å². The van der Waals surface area contributed by atoms with Gasteiger partial charge >= 0.3 is 5.97 Å². The van der Waals surface area contributed by atoms with E-state index in [2.05, 4.69) is 10.1 Å². The van der Waals surface area contributed by atoms with E-state index in [9.17, 15) is 4.79 Å². The summed E-state index contributed by atoms with van der Waals surface area (Å²) in [4.78, 5) is 16.2. The third kappa shape index (κ3) is 2.36. The Morgan fingerprint density at radius 1 is 1.55 bits per heavy atom. The van der Waals surface area contributed by atoms with Crippen LogP contribution in [0.3, 0.4) is 0 Å². The number of hydrogen-bond donors (Lipinski definition) is 1. The largest absolute Gasteiger partial charge is 0.462 e. The molecule has 0 aromatic carbocycles. The van der Waals surface area contributed by atoms with Crippen molar-refractivity contribution in [1.29, 1.82) is 0 Å². The van der Waals surface area contributed by atoms with Crippen molar-refractivity contribution in [3.63, 3.8) is 0 Å². The van der Waals surface area contributed by atoms with Crippen LogP contribution in [-0.2, 0) is 4.74 Å². The first-order valence-corrected chi connectivity index (χ1v) is 6.67. The van der Waals surface area contributed by atoms with E-state index in [1.54, 1.807) is 17.7 Å². The van der Waals surface area contributed by atoms with Gasteiger partial charge in [-0.25, -0.2) is 14.5 Å². The fraction of sp³-hybridized carbons (Fsp3) is 0.357. The van der Waals surface area contributed by atoms with Crippen molar-refractivity contribution in [2.45, 2.75) is 25.7 Å². The predicted octanol–water partition coefficient (Wildman–Crippen LogP) is 1.90. The minimum atomic E-state index is -0.439. The zero-order valence-corrected chi connectivity index (χ0v) is 11.2. The number of carbonyl (C=O) groups is 1. The van der Waals surface area contributed by atoms with Gasteiger partial charge in [0, 0.05) is 12.1 Å². The number of ether oxygens (including phenoxy) is 1. The Bertz CT molecular complexity index is 646. The summed E-state index contributed by atoms with van der Waals surface area (Å²) in [5.74, 6) is 0.561. The Morgan fingerprint density at radius 3 is 3.05 bits per heavy atom. The van der Waals surface area contributed by atoms with E-state index in [4.69, 9.17) is 10.5 Å². The summed E-state index contributed by atoms with van der Waals surface area (Å²) < 4.78 is 6.65. The fourth-order valence-corrected chi connectivity index (χ4v) is 2.07. The third-order valence-corrected chi connectivity index (χ3v) is 3.21. The number of aromatic nitrogens is 3. The third-order valence-electron chi connectivity index (χ3n) is 3.21. The molecule has 0 unspecified atom stereocenters. The first kappa shape index (κ1) is 12.7. The molecule has 0 atom stereocenters. The van der Waals surface area contributed by atoms with Gasteiger partial charge in [-0.05, 0) is 31.9 Å². The summed E-state index contributed by atoms with van der Waals surface area (Å²) in [6.07, 6.45) is 5.68. The van der Waals surface area contributed by atoms with Crippen LogP contribution in [0.25, 0.3) is 5.82 Å². The summed E-state index contributed by atoms with van der Waals surface area (Å²) in [6, 6.07) is 3.53. The molecule has 1 aliphatic carbocycles. The van der Waals surface area contributed by atoms with Crippen LogP contribution in [0.2, 0.25) is 0 Å². The van der Waals surface area contributed by atoms with E-state index >= 15 is 0 Å². The highest BCUT2D eigenvalue weighted by Gasteiger charge is 2.26. The highest BCUT2D eigenvalue weighted by atomic mass is 16.5. The van der Waals surface area contributed by atoms with Crippen LogP contribution in [0.15, 0.2) is 24.5 Å². The Hall–Kier alpha value is -2.37. The van der Waals surface area contributed by atoms with Gasteiger partial charge in [-0.1, -0.05) is 0 Å². The van der Waals surface area contributed by atoms with Gasteiger partial charge in [0.25, 0.3) is 0 Å². The molecule has 3 rings (SSSR count). The number of nitrogens with zero attached hydrogens (tertiary/aromatic N) is 3. The zero-order chi connectivity index (χ0) is 14.1. The van der Waals surface area contributed by atoms with Gasteiger partial charge < -0.3 is 10.5 Å². The Balaban J connectivity index is 2.00. The highest BCUT2D eigenvalue weighted by molar-refractivity contribution is 5.93. The second kappa shape index (κ2) is 4.96. The molecular weight excluding hydrogens is 256 g/mol. The smallest absolute Gasteiger partial charge is 0.342 e. The molecule has 0 spiro atoms. The van der Waals surface area contributed by atoms with E-state index in [1.165, 1.54) is 19.0 Å². The average Bonchev–Trinajstić information content (AvgIpc) is 3.17. The number of esters is 1. The number of anilines is 1. The van der Waals surface area contributed by atoms with Crippen LogP contribution in [0.1, 0.15) is 41.7 Å². The Morgan fingerprint density at radius 2 is 2.35 bits per heavy atom. The topological polar surface area (TPSA) is 83.0 Å². The highest BCUT2D eigenvalue weighted by Crippen LogP contribution is 2.39. The number of nitrogen functional groups attached to an aromatic ring is 1. The average molecular weight is 272 g/mol. The van der Waals surface area contributed by atoms with E-state index in [0.717, 1.165) is 5.69 Å². The number of nitrogens with two attached hydrogens (primary N) is 1. The molecule has 1 aliphatic rings. The van der Waals surface area contributed by atoms with Gasteiger partial charge in [-0.2, -0.15) is 5.10 Å². The maximum Gasteiger partial charge on any atom is 0.342 e. The summed E-state index contributed by atoms with van der Waals surface area (Å²) in [6.45, 7) is 2.07. The summed E-state index contributed by atoms with van der Waals surface area (Å²) in [7, 11) is 0. The summed E-state index contributed by atoms with van der Waals surface area (Å²) in [5, 5.41) is 4.48. The normalized spacial score (nSPS) is 14.2. The molecule has 0 saturated heterocycles. The van der Waals surface area contributed by atoms with Gasteiger partial charge in [0.05, 0.1) is 24.2 Å². The Kier molecular flexibility index (Phi) is 3.14. The predicted molar refractivity (Wildman–Crippen MR) is 73.7 cm³/mol. The van der Waals surface area contributed by atoms with E-state index in [1.807, 2.05) is 12.3 Å². The summed E-state index contributed by atoms with van der Waals surface area (Å²) in [5.41, 5.74) is 7.50. The van der Waals surface area contributed by atoms with Crippen LogP contribution >= 0.6 is 0 Å². The standard InChI is InChI=1S/C14H16N4O2/c1-2-20-14(19)11-7-10(15)8-16-13(11)18-6-5-12(17-18)9-3-4-9/h5-9H,2-4,15H2,1H3. The lowest BCUT2D eigenvalue weighted by Crippen LogP contribution is -2.12. The molecule has 6 heteroatoms. The van der Waals surface area contributed by atoms with Crippen molar-refractivity contribution in [3.05, 3.63) is 35.8 Å². The molecule has 2 aromatic rings. The number of rotatable bonds is 4. The van der Waals surface area contributed by atoms with E-state index in [-0.39, 0.29) is 0 Å². The van der Waals surface area contributed by atoms with Gasteiger partial charge in [0.15, 0.2) is 5.82 Å². The lowest BCUT2D eigenvalue weighted by molar-refractivity contribution is 0.0526. The summed E-state index contributed by atoms with van der Waals surface area (Å²) >= 11 is 0. The van der Waals surface area contributed by atoms with Crippen LogP contribution in [0, 0.1) is 0 Å². The molecule has 0 aliphatic heterocycles. The van der Waals surface area contributed by atoms with Crippen LogP contribution in [0.5, 0.6) is 0 Å². The molecule has 0 amide bonds. The first-order valence-electron chi connectivity index (χ1n) is 6.67. The van der Waals surface area contributed by atoms with Crippen molar-refractivity contribution < 1.29 is 9.53 Å². The van der Waals surface area contributed by atoms with E-state index < -0.39 is 5.97 Å². The van der Waals surface area contributed by atoms with E-state index in [0.29, 0.717) is 29.6 Å². The van der Waals surface area contributed by atoms with Gasteiger partial charge in [0.2, 0.25) is 0 Å². The molecule has 0 radical (unpaired) electrons. The molecule has 0 bridgehead atoms. The maximum atomic E-state index is 12.0. The quantitative estimate of drug-likeness (QED) is 0.859. The minimum absolute atomic E-state index is 0.305. The van der Waals surface area contributed by atoms with Crippen molar-refractivity contribution in [3.8, 4) is 5.82 Å². The molecule has 1 fully saturated rings. The lowest BCUT2D eigenvalue weighted by Gasteiger charge is -2.08. The molecule has 20 heavy (non-hydrogen) atoms.